The Bertz CT molecular complexity index is 740. The quantitative estimate of drug-likeness (QED) is 0.304. The van der Waals surface area contributed by atoms with Crippen molar-refractivity contribution in [3.63, 3.8) is 0 Å². The van der Waals surface area contributed by atoms with Crippen molar-refractivity contribution in [3.8, 4) is 5.75 Å². The van der Waals surface area contributed by atoms with Crippen molar-refractivity contribution in [2.24, 2.45) is 4.99 Å². The Morgan fingerprint density at radius 2 is 2.12 bits per heavy atom. The van der Waals surface area contributed by atoms with Crippen molar-refractivity contribution in [2.75, 3.05) is 58.9 Å². The van der Waals surface area contributed by atoms with E-state index < -0.39 is 0 Å². The molecule has 2 saturated heterocycles. The van der Waals surface area contributed by atoms with Crippen LogP contribution in [0.3, 0.4) is 0 Å². The summed E-state index contributed by atoms with van der Waals surface area (Å²) in [7, 11) is 5.20. The van der Waals surface area contributed by atoms with E-state index in [-0.39, 0.29) is 48.6 Å². The normalized spacial score (nSPS) is 21.3. The number of guanidine groups is 1. The molecular formula is C23H38IN5O3. The number of likely N-dealkylation sites (N-methyl/N-ethyl adjacent to an activating group) is 1. The molecule has 8 nitrogen and oxygen atoms in total. The SMILES string of the molecule is COc1cccc(N2CCCC(NC(=NCC(=O)N(C)C)NCC3CCCCO3)C2)c1.I. The summed E-state index contributed by atoms with van der Waals surface area (Å²) >= 11 is 0. The first-order valence-electron chi connectivity index (χ1n) is 11.3. The highest BCUT2D eigenvalue weighted by Gasteiger charge is 2.22. The Morgan fingerprint density at radius 3 is 2.84 bits per heavy atom. The van der Waals surface area contributed by atoms with Gasteiger partial charge in [-0.1, -0.05) is 6.07 Å². The second-order valence-corrected chi connectivity index (χ2v) is 8.45. The molecule has 1 aromatic rings. The number of piperidine rings is 1. The van der Waals surface area contributed by atoms with E-state index in [1.807, 2.05) is 12.1 Å². The van der Waals surface area contributed by atoms with E-state index in [1.54, 1.807) is 26.1 Å². The lowest BCUT2D eigenvalue weighted by Crippen LogP contribution is -2.52. The summed E-state index contributed by atoms with van der Waals surface area (Å²) in [6.07, 6.45) is 5.74. The lowest BCUT2D eigenvalue weighted by atomic mass is 10.0. The summed E-state index contributed by atoms with van der Waals surface area (Å²) < 4.78 is 11.2. The molecule has 2 N–H and O–H groups in total. The number of carbonyl (C=O) groups excluding carboxylic acids is 1. The molecule has 9 heteroatoms. The number of amides is 1. The molecule has 3 rings (SSSR count). The van der Waals surface area contributed by atoms with Gasteiger partial charge in [0.25, 0.3) is 0 Å². The topological polar surface area (TPSA) is 78.4 Å². The Balaban J connectivity index is 0.00000363. The summed E-state index contributed by atoms with van der Waals surface area (Å²) in [5.41, 5.74) is 1.16. The number of methoxy groups -OCH3 is 1. The van der Waals surface area contributed by atoms with Gasteiger partial charge in [-0.15, -0.1) is 24.0 Å². The minimum Gasteiger partial charge on any atom is -0.497 e. The van der Waals surface area contributed by atoms with E-state index in [0.717, 1.165) is 56.8 Å². The fraction of sp³-hybridized carbons (Fsp3) is 0.652. The van der Waals surface area contributed by atoms with Crippen LogP contribution in [0.4, 0.5) is 5.69 Å². The molecule has 1 aromatic carbocycles. The van der Waals surface area contributed by atoms with Gasteiger partial charge in [0.2, 0.25) is 5.91 Å². The molecule has 0 saturated carbocycles. The maximum absolute atomic E-state index is 12.1. The molecule has 0 aromatic heterocycles. The zero-order valence-electron chi connectivity index (χ0n) is 19.5. The van der Waals surface area contributed by atoms with Crippen LogP contribution in [0, 0.1) is 0 Å². The predicted octanol–water partition coefficient (Wildman–Crippen LogP) is 2.47. The van der Waals surface area contributed by atoms with Crippen LogP contribution in [0.5, 0.6) is 5.75 Å². The van der Waals surface area contributed by atoms with Gasteiger partial charge < -0.3 is 29.9 Å². The Kier molecular flexibility index (Phi) is 11.4. The smallest absolute Gasteiger partial charge is 0.243 e. The van der Waals surface area contributed by atoms with E-state index in [4.69, 9.17) is 9.47 Å². The fourth-order valence-corrected chi connectivity index (χ4v) is 3.95. The van der Waals surface area contributed by atoms with Gasteiger partial charge in [0.15, 0.2) is 5.96 Å². The van der Waals surface area contributed by atoms with Crippen LogP contribution in [-0.2, 0) is 9.53 Å². The van der Waals surface area contributed by atoms with E-state index >= 15 is 0 Å². The minimum absolute atomic E-state index is 0. The van der Waals surface area contributed by atoms with Crippen molar-refractivity contribution < 1.29 is 14.3 Å². The van der Waals surface area contributed by atoms with Crippen molar-refractivity contribution in [2.45, 2.75) is 44.2 Å². The van der Waals surface area contributed by atoms with Crippen LogP contribution in [0.1, 0.15) is 32.1 Å². The summed E-state index contributed by atoms with van der Waals surface area (Å²) in [5.74, 6) is 1.53. The van der Waals surface area contributed by atoms with E-state index in [1.165, 1.54) is 6.42 Å². The standard InChI is InChI=1S/C23H37N5O3.HI/c1-27(2)22(29)16-25-23(24-15-21-10-4-5-13-31-21)26-18-8-7-12-28(17-18)19-9-6-11-20(14-19)30-3;/h6,9,11,14,18,21H,4-5,7-8,10,12-13,15-17H2,1-3H3,(H2,24,25,26);1H. The molecule has 2 aliphatic heterocycles. The number of nitrogens with zero attached hydrogens (tertiary/aromatic N) is 3. The average Bonchev–Trinajstić information content (AvgIpc) is 2.81. The van der Waals surface area contributed by atoms with Crippen molar-refractivity contribution in [1.82, 2.24) is 15.5 Å². The van der Waals surface area contributed by atoms with Crippen LogP contribution in [0.25, 0.3) is 0 Å². The molecule has 2 atom stereocenters. The molecule has 1 amide bonds. The number of rotatable bonds is 7. The van der Waals surface area contributed by atoms with Crippen molar-refractivity contribution in [3.05, 3.63) is 24.3 Å². The number of carbonyl (C=O) groups is 1. The highest BCUT2D eigenvalue weighted by atomic mass is 127. The second kappa shape index (κ2) is 13.7. The number of nitrogens with one attached hydrogen (secondary N) is 2. The molecule has 2 aliphatic rings. The lowest BCUT2D eigenvalue weighted by molar-refractivity contribution is -0.127. The molecule has 2 heterocycles. The van der Waals surface area contributed by atoms with E-state index in [2.05, 4.69) is 32.7 Å². The lowest BCUT2D eigenvalue weighted by Gasteiger charge is -2.35. The van der Waals surface area contributed by atoms with Gasteiger partial charge in [-0.25, -0.2) is 4.99 Å². The molecule has 2 unspecified atom stereocenters. The number of ether oxygens (including phenoxy) is 2. The van der Waals surface area contributed by atoms with Gasteiger partial charge in [0, 0.05) is 58.1 Å². The average molecular weight is 559 g/mol. The number of hydrogen-bond donors (Lipinski definition) is 2. The Hall–Kier alpha value is -1.75. The van der Waals surface area contributed by atoms with Crippen LogP contribution in [0.2, 0.25) is 0 Å². The highest BCUT2D eigenvalue weighted by Crippen LogP contribution is 2.24. The number of benzene rings is 1. The van der Waals surface area contributed by atoms with Crippen LogP contribution >= 0.6 is 24.0 Å². The third-order valence-corrected chi connectivity index (χ3v) is 5.82. The zero-order valence-corrected chi connectivity index (χ0v) is 21.8. The van der Waals surface area contributed by atoms with Gasteiger partial charge in [-0.3, -0.25) is 4.79 Å². The van der Waals surface area contributed by atoms with Crippen LogP contribution in [-0.4, -0.2) is 82.9 Å². The molecule has 32 heavy (non-hydrogen) atoms. The first-order valence-corrected chi connectivity index (χ1v) is 11.3. The first-order chi connectivity index (χ1) is 15.0. The van der Waals surface area contributed by atoms with Gasteiger partial charge in [-0.2, -0.15) is 0 Å². The van der Waals surface area contributed by atoms with Crippen LogP contribution < -0.4 is 20.3 Å². The third-order valence-electron chi connectivity index (χ3n) is 5.82. The Morgan fingerprint density at radius 1 is 1.28 bits per heavy atom. The number of hydrogen-bond acceptors (Lipinski definition) is 5. The van der Waals surface area contributed by atoms with Crippen LogP contribution in [0.15, 0.2) is 29.3 Å². The largest absolute Gasteiger partial charge is 0.497 e. The molecule has 0 bridgehead atoms. The summed E-state index contributed by atoms with van der Waals surface area (Å²) in [6.45, 7) is 3.54. The summed E-state index contributed by atoms with van der Waals surface area (Å²) in [5, 5.41) is 6.97. The monoisotopic (exact) mass is 559 g/mol. The number of halogens is 1. The maximum atomic E-state index is 12.1. The zero-order chi connectivity index (χ0) is 22.1. The van der Waals surface area contributed by atoms with Gasteiger partial charge >= 0.3 is 0 Å². The van der Waals surface area contributed by atoms with Gasteiger partial charge in [0.05, 0.1) is 13.2 Å². The summed E-state index contributed by atoms with van der Waals surface area (Å²) in [6, 6.07) is 8.43. The number of aliphatic imine (C=N–C) groups is 1. The van der Waals surface area contributed by atoms with Crippen molar-refractivity contribution in [1.29, 1.82) is 0 Å². The van der Waals surface area contributed by atoms with Gasteiger partial charge in [0.1, 0.15) is 12.3 Å². The molecule has 180 valence electrons. The van der Waals surface area contributed by atoms with E-state index in [0.29, 0.717) is 12.5 Å². The third kappa shape index (κ3) is 8.31. The fourth-order valence-electron chi connectivity index (χ4n) is 3.95. The molecule has 0 spiro atoms. The van der Waals surface area contributed by atoms with Gasteiger partial charge in [-0.05, 0) is 44.2 Å². The van der Waals surface area contributed by atoms with E-state index in [9.17, 15) is 4.79 Å². The summed E-state index contributed by atoms with van der Waals surface area (Å²) in [4.78, 5) is 20.6. The first kappa shape index (κ1) is 26.5. The van der Waals surface area contributed by atoms with Crippen molar-refractivity contribution >= 4 is 41.5 Å². The predicted molar refractivity (Wildman–Crippen MR) is 139 cm³/mol. The highest BCUT2D eigenvalue weighted by molar-refractivity contribution is 14.0. The molecule has 2 fully saturated rings. The molecule has 0 radical (unpaired) electrons. The minimum atomic E-state index is -0.0170. The molecule has 0 aliphatic carbocycles. The maximum Gasteiger partial charge on any atom is 0.243 e. The number of anilines is 1. The Labute approximate surface area is 209 Å². The molecular weight excluding hydrogens is 521 g/mol. The second-order valence-electron chi connectivity index (χ2n) is 8.45.